The Kier molecular flexibility index (Phi) is 15.5. The molecule has 1 aromatic carbocycles. The second-order valence-corrected chi connectivity index (χ2v) is 8.62. The van der Waals surface area contributed by atoms with Gasteiger partial charge in [0.05, 0.1) is 13.2 Å². The van der Waals surface area contributed by atoms with E-state index in [-0.39, 0.29) is 6.09 Å². The minimum Gasteiger partial charge on any atom is -0.492 e. The molecule has 1 N–H and O–H groups in total. The van der Waals surface area contributed by atoms with Crippen LogP contribution < -0.4 is 4.74 Å². The molecule has 8 heteroatoms. The number of carboxylic acids is 1. The topological polar surface area (TPSA) is 85.3 Å². The van der Waals surface area contributed by atoms with Gasteiger partial charge in [-0.2, -0.15) is 11.8 Å². The third-order valence-corrected chi connectivity index (χ3v) is 5.75. The van der Waals surface area contributed by atoms with Gasteiger partial charge in [-0.1, -0.05) is 38.8 Å². The number of benzene rings is 1. The minimum absolute atomic E-state index is 0.296. The Morgan fingerprint density at radius 1 is 1.00 bits per heavy atom. The summed E-state index contributed by atoms with van der Waals surface area (Å²) in [7, 11) is 0. The molecule has 0 fully saturated rings. The summed E-state index contributed by atoms with van der Waals surface area (Å²) in [5, 5.41) is 9.21. The van der Waals surface area contributed by atoms with Crippen LogP contribution in [-0.2, 0) is 20.7 Å². The van der Waals surface area contributed by atoms with Gasteiger partial charge in [0.1, 0.15) is 12.4 Å². The number of rotatable bonds is 18. The van der Waals surface area contributed by atoms with Crippen LogP contribution >= 0.6 is 11.8 Å². The summed E-state index contributed by atoms with van der Waals surface area (Å²) in [6.45, 7) is 8.16. The first kappa shape index (κ1) is 28.1. The molecule has 0 aliphatic heterocycles. The van der Waals surface area contributed by atoms with Gasteiger partial charge in [0.2, 0.25) is 0 Å². The standard InChI is InChI=1S/C24H39NO6S/c1-4-7-8-17-32-18-14-25(24(28)31-15-5-2)13-16-30-21-11-9-20(10-12-21)19-22(23(26)27)29-6-3/h9-12,22H,4-8,13-19H2,1-3H3,(H,26,27). The first-order chi connectivity index (χ1) is 15.5. The van der Waals surface area contributed by atoms with Crippen LogP contribution in [0.15, 0.2) is 24.3 Å². The first-order valence-corrected chi connectivity index (χ1v) is 12.7. The number of amides is 1. The molecule has 182 valence electrons. The van der Waals surface area contributed by atoms with Gasteiger partial charge in [-0.3, -0.25) is 0 Å². The number of carbonyl (C=O) groups excluding carboxylic acids is 1. The molecular formula is C24H39NO6S. The predicted molar refractivity (Wildman–Crippen MR) is 129 cm³/mol. The number of carboxylic acid groups (broad SMARTS) is 1. The number of ether oxygens (including phenoxy) is 3. The highest BCUT2D eigenvalue weighted by Crippen LogP contribution is 2.15. The van der Waals surface area contributed by atoms with Gasteiger partial charge in [0.15, 0.2) is 6.10 Å². The molecular weight excluding hydrogens is 430 g/mol. The number of aliphatic carboxylic acids is 1. The second kappa shape index (κ2) is 17.6. The van der Waals surface area contributed by atoms with Crippen LogP contribution in [0.1, 0.15) is 52.0 Å². The van der Waals surface area contributed by atoms with E-state index < -0.39 is 12.1 Å². The Labute approximate surface area is 196 Å². The SMILES string of the molecule is CCCCCSCCN(CCOc1ccc(CC(OCC)C(=O)O)cc1)C(=O)OCCC. The average Bonchev–Trinajstić information content (AvgIpc) is 2.79. The number of thioether (sulfide) groups is 1. The van der Waals surface area contributed by atoms with Crippen molar-refractivity contribution in [2.75, 3.05) is 44.4 Å². The lowest BCUT2D eigenvalue weighted by Gasteiger charge is -2.22. The van der Waals surface area contributed by atoms with E-state index in [1.54, 1.807) is 11.8 Å². The van der Waals surface area contributed by atoms with Crippen LogP contribution in [0.3, 0.4) is 0 Å². The molecule has 7 nitrogen and oxygen atoms in total. The van der Waals surface area contributed by atoms with Gasteiger partial charge in [0, 0.05) is 25.3 Å². The molecule has 0 spiro atoms. The molecule has 0 aliphatic carbocycles. The molecule has 1 aromatic rings. The second-order valence-electron chi connectivity index (χ2n) is 7.40. The van der Waals surface area contributed by atoms with E-state index in [4.69, 9.17) is 14.2 Å². The van der Waals surface area contributed by atoms with Crippen molar-refractivity contribution in [3.8, 4) is 5.75 Å². The molecule has 0 saturated heterocycles. The summed E-state index contributed by atoms with van der Waals surface area (Å²) >= 11 is 1.86. The summed E-state index contributed by atoms with van der Waals surface area (Å²) in [5.41, 5.74) is 0.864. The van der Waals surface area contributed by atoms with Crippen LogP contribution in [0.4, 0.5) is 4.79 Å². The van der Waals surface area contributed by atoms with E-state index in [2.05, 4.69) is 6.92 Å². The lowest BCUT2D eigenvalue weighted by Crippen LogP contribution is -2.37. The molecule has 0 bridgehead atoms. The molecule has 0 heterocycles. The van der Waals surface area contributed by atoms with Crippen molar-refractivity contribution >= 4 is 23.8 Å². The highest BCUT2D eigenvalue weighted by molar-refractivity contribution is 7.99. The van der Waals surface area contributed by atoms with E-state index in [0.29, 0.717) is 45.1 Å². The molecule has 32 heavy (non-hydrogen) atoms. The Bertz CT molecular complexity index is 640. The monoisotopic (exact) mass is 469 g/mol. The van der Waals surface area contributed by atoms with Gasteiger partial charge in [-0.05, 0) is 43.2 Å². The van der Waals surface area contributed by atoms with E-state index in [1.165, 1.54) is 19.3 Å². The fraction of sp³-hybridized carbons (Fsp3) is 0.667. The quantitative estimate of drug-likeness (QED) is 0.307. The number of nitrogens with zero attached hydrogens (tertiary/aromatic N) is 1. The number of hydrogen-bond donors (Lipinski definition) is 1. The van der Waals surface area contributed by atoms with Crippen molar-refractivity contribution < 1.29 is 28.9 Å². The number of carbonyl (C=O) groups is 2. The summed E-state index contributed by atoms with van der Waals surface area (Å²) < 4.78 is 16.4. The smallest absolute Gasteiger partial charge is 0.409 e. The Hall–Kier alpha value is -1.93. The van der Waals surface area contributed by atoms with Crippen molar-refractivity contribution in [3.63, 3.8) is 0 Å². The number of hydrogen-bond acceptors (Lipinski definition) is 6. The van der Waals surface area contributed by atoms with Crippen LogP contribution in [0, 0.1) is 0 Å². The van der Waals surface area contributed by atoms with Crippen LogP contribution in [0.5, 0.6) is 5.75 Å². The van der Waals surface area contributed by atoms with E-state index in [9.17, 15) is 14.7 Å². The van der Waals surface area contributed by atoms with Gasteiger partial charge < -0.3 is 24.2 Å². The summed E-state index contributed by atoms with van der Waals surface area (Å²) in [6, 6.07) is 7.29. The van der Waals surface area contributed by atoms with Crippen molar-refractivity contribution in [1.29, 1.82) is 0 Å². The maximum absolute atomic E-state index is 12.3. The fourth-order valence-corrected chi connectivity index (χ4v) is 3.90. The fourth-order valence-electron chi connectivity index (χ4n) is 2.93. The zero-order chi connectivity index (χ0) is 23.6. The lowest BCUT2D eigenvalue weighted by atomic mass is 10.1. The normalized spacial score (nSPS) is 11.7. The minimum atomic E-state index is -0.967. The molecule has 0 aliphatic rings. The average molecular weight is 470 g/mol. The van der Waals surface area contributed by atoms with Crippen LogP contribution in [0.25, 0.3) is 0 Å². The van der Waals surface area contributed by atoms with Crippen molar-refractivity contribution in [2.24, 2.45) is 0 Å². The van der Waals surface area contributed by atoms with Crippen molar-refractivity contribution in [3.05, 3.63) is 29.8 Å². The van der Waals surface area contributed by atoms with Gasteiger partial charge >= 0.3 is 12.1 Å². The highest BCUT2D eigenvalue weighted by Gasteiger charge is 2.18. The van der Waals surface area contributed by atoms with Gasteiger partial charge in [-0.15, -0.1) is 0 Å². The van der Waals surface area contributed by atoms with Crippen molar-refractivity contribution in [2.45, 2.75) is 59.0 Å². The Morgan fingerprint density at radius 2 is 1.75 bits per heavy atom. The molecule has 1 unspecified atom stereocenters. The van der Waals surface area contributed by atoms with E-state index >= 15 is 0 Å². The maximum atomic E-state index is 12.3. The molecule has 1 rings (SSSR count). The highest BCUT2D eigenvalue weighted by atomic mass is 32.2. The summed E-state index contributed by atoms with van der Waals surface area (Å²) in [4.78, 5) is 25.3. The third-order valence-electron chi connectivity index (χ3n) is 4.70. The summed E-state index contributed by atoms with van der Waals surface area (Å²) in [5.74, 6) is 1.70. The van der Waals surface area contributed by atoms with E-state index in [0.717, 1.165) is 23.5 Å². The number of unbranched alkanes of at least 4 members (excludes halogenated alkanes) is 2. The third kappa shape index (κ3) is 12.2. The Balaban J connectivity index is 2.49. The zero-order valence-electron chi connectivity index (χ0n) is 19.7. The van der Waals surface area contributed by atoms with Gasteiger partial charge in [0.25, 0.3) is 0 Å². The lowest BCUT2D eigenvalue weighted by molar-refractivity contribution is -0.149. The van der Waals surface area contributed by atoms with Gasteiger partial charge in [-0.25, -0.2) is 9.59 Å². The largest absolute Gasteiger partial charge is 0.492 e. The predicted octanol–water partition coefficient (Wildman–Crippen LogP) is 4.87. The van der Waals surface area contributed by atoms with E-state index in [1.807, 2.05) is 43.0 Å². The zero-order valence-corrected chi connectivity index (χ0v) is 20.5. The van der Waals surface area contributed by atoms with Crippen LogP contribution in [0.2, 0.25) is 0 Å². The molecule has 1 amide bonds. The molecule has 0 saturated carbocycles. The first-order valence-electron chi connectivity index (χ1n) is 11.6. The molecule has 0 aromatic heterocycles. The Morgan fingerprint density at radius 3 is 2.38 bits per heavy atom. The van der Waals surface area contributed by atoms with Crippen LogP contribution in [-0.4, -0.2) is 72.6 Å². The van der Waals surface area contributed by atoms with Crippen molar-refractivity contribution in [1.82, 2.24) is 4.90 Å². The molecule has 0 radical (unpaired) electrons. The summed E-state index contributed by atoms with van der Waals surface area (Å²) in [6.07, 6.45) is 3.60. The maximum Gasteiger partial charge on any atom is 0.409 e. The molecule has 1 atom stereocenters.